The quantitative estimate of drug-likeness (QED) is 0.857. The van der Waals surface area contributed by atoms with Crippen molar-refractivity contribution in [2.45, 2.75) is 45.4 Å². The second kappa shape index (κ2) is 5.77. The molecule has 2 atom stereocenters. The van der Waals surface area contributed by atoms with Crippen molar-refractivity contribution in [3.63, 3.8) is 0 Å². The molecule has 6 nitrogen and oxygen atoms in total. The molecule has 0 aromatic carbocycles. The Hall–Kier alpha value is -0.980. The van der Waals surface area contributed by atoms with Crippen LogP contribution in [0.1, 0.15) is 38.4 Å². The molecule has 1 N–H and O–H groups in total. The molecule has 1 saturated heterocycles. The second-order valence-electron chi connectivity index (χ2n) is 5.12. The summed E-state index contributed by atoms with van der Waals surface area (Å²) < 4.78 is 10.7. The topological polar surface area (TPSA) is 71.6 Å². The Labute approximate surface area is 107 Å². The summed E-state index contributed by atoms with van der Waals surface area (Å²) in [6.07, 6.45) is -0.117. The summed E-state index contributed by atoms with van der Waals surface area (Å²) in [5, 5.41) is 13.1. The SMILES string of the molecule is CC(C)c1noc(CN2CC(CO)OCC2C)n1. The van der Waals surface area contributed by atoms with Gasteiger partial charge in [-0.3, -0.25) is 4.90 Å². The average Bonchev–Trinajstić information content (AvgIpc) is 2.81. The number of aromatic nitrogens is 2. The highest BCUT2D eigenvalue weighted by Gasteiger charge is 2.27. The monoisotopic (exact) mass is 255 g/mol. The van der Waals surface area contributed by atoms with Crippen molar-refractivity contribution < 1.29 is 14.4 Å². The van der Waals surface area contributed by atoms with Crippen molar-refractivity contribution in [2.24, 2.45) is 0 Å². The van der Waals surface area contributed by atoms with Gasteiger partial charge in [-0.25, -0.2) is 0 Å². The van der Waals surface area contributed by atoms with E-state index in [4.69, 9.17) is 14.4 Å². The van der Waals surface area contributed by atoms with Crippen LogP contribution in [-0.4, -0.2) is 52.1 Å². The highest BCUT2D eigenvalue weighted by molar-refractivity contribution is 4.92. The summed E-state index contributed by atoms with van der Waals surface area (Å²) in [5.41, 5.74) is 0. The maximum absolute atomic E-state index is 9.13. The Morgan fingerprint density at radius 1 is 1.50 bits per heavy atom. The van der Waals surface area contributed by atoms with Crippen molar-refractivity contribution in [1.29, 1.82) is 0 Å². The number of aliphatic hydroxyl groups excluding tert-OH is 1. The van der Waals surface area contributed by atoms with Gasteiger partial charge in [0, 0.05) is 18.5 Å². The Kier molecular flexibility index (Phi) is 4.31. The van der Waals surface area contributed by atoms with Gasteiger partial charge in [-0.15, -0.1) is 0 Å². The van der Waals surface area contributed by atoms with Gasteiger partial charge in [0.15, 0.2) is 5.82 Å². The van der Waals surface area contributed by atoms with E-state index in [9.17, 15) is 0 Å². The second-order valence-corrected chi connectivity index (χ2v) is 5.12. The van der Waals surface area contributed by atoms with Gasteiger partial charge in [0.25, 0.3) is 0 Å². The summed E-state index contributed by atoms with van der Waals surface area (Å²) in [4.78, 5) is 6.56. The number of morpholine rings is 1. The standard InChI is InChI=1S/C12H21N3O3/c1-8(2)12-13-11(18-14-12)5-15-4-10(6-16)17-7-9(15)3/h8-10,16H,4-7H2,1-3H3. The zero-order valence-electron chi connectivity index (χ0n) is 11.2. The Balaban J connectivity index is 1.98. The molecular formula is C12H21N3O3. The third-order valence-electron chi connectivity index (χ3n) is 3.18. The van der Waals surface area contributed by atoms with Crippen molar-refractivity contribution >= 4 is 0 Å². The van der Waals surface area contributed by atoms with E-state index in [2.05, 4.69) is 22.0 Å². The molecule has 18 heavy (non-hydrogen) atoms. The van der Waals surface area contributed by atoms with Crippen molar-refractivity contribution in [3.05, 3.63) is 11.7 Å². The fourth-order valence-electron chi connectivity index (χ4n) is 1.95. The van der Waals surface area contributed by atoms with Gasteiger partial charge in [0.2, 0.25) is 5.89 Å². The number of nitrogens with zero attached hydrogens (tertiary/aromatic N) is 3. The van der Waals surface area contributed by atoms with Crippen molar-refractivity contribution in [2.75, 3.05) is 19.8 Å². The van der Waals surface area contributed by atoms with E-state index in [1.54, 1.807) is 0 Å². The van der Waals surface area contributed by atoms with E-state index < -0.39 is 0 Å². The summed E-state index contributed by atoms with van der Waals surface area (Å²) in [6, 6.07) is 0.294. The molecule has 6 heteroatoms. The van der Waals surface area contributed by atoms with Gasteiger partial charge in [0.1, 0.15) is 0 Å². The summed E-state index contributed by atoms with van der Waals surface area (Å²) in [5.74, 6) is 1.64. The molecule has 1 fully saturated rings. The van der Waals surface area contributed by atoms with Gasteiger partial charge in [-0.05, 0) is 6.92 Å². The normalized spacial score (nSPS) is 25.8. The van der Waals surface area contributed by atoms with Crippen LogP contribution in [0.3, 0.4) is 0 Å². The highest BCUT2D eigenvalue weighted by Crippen LogP contribution is 2.16. The van der Waals surface area contributed by atoms with E-state index in [1.807, 2.05) is 13.8 Å². The van der Waals surface area contributed by atoms with Gasteiger partial charge in [0.05, 0.1) is 25.9 Å². The molecule has 1 aliphatic rings. The molecule has 0 aliphatic carbocycles. The lowest BCUT2D eigenvalue weighted by molar-refractivity contribution is -0.0827. The molecule has 0 bridgehead atoms. The fraction of sp³-hybridized carbons (Fsp3) is 0.833. The first kappa shape index (κ1) is 13.5. The average molecular weight is 255 g/mol. The van der Waals surface area contributed by atoms with Crippen molar-refractivity contribution in [3.8, 4) is 0 Å². The summed E-state index contributed by atoms with van der Waals surface area (Å²) in [7, 11) is 0. The minimum absolute atomic E-state index is 0.0459. The lowest BCUT2D eigenvalue weighted by atomic mass is 10.2. The molecule has 0 spiro atoms. The number of aliphatic hydroxyl groups is 1. The predicted octanol–water partition coefficient (Wildman–Crippen LogP) is 0.775. The molecule has 0 saturated carbocycles. The van der Waals surface area contributed by atoms with Crippen LogP contribution in [0.2, 0.25) is 0 Å². The maximum Gasteiger partial charge on any atom is 0.240 e. The van der Waals surface area contributed by atoms with Crippen LogP contribution in [0.5, 0.6) is 0 Å². The largest absolute Gasteiger partial charge is 0.394 e. The number of hydrogen-bond donors (Lipinski definition) is 1. The first-order chi connectivity index (χ1) is 8.60. The number of rotatable bonds is 4. The van der Waals surface area contributed by atoms with E-state index in [1.165, 1.54) is 0 Å². The smallest absolute Gasteiger partial charge is 0.240 e. The molecular weight excluding hydrogens is 234 g/mol. The molecule has 2 rings (SSSR count). The minimum atomic E-state index is -0.117. The number of hydrogen-bond acceptors (Lipinski definition) is 6. The molecule has 1 aromatic heterocycles. The van der Waals surface area contributed by atoms with Crippen molar-refractivity contribution in [1.82, 2.24) is 15.0 Å². The van der Waals surface area contributed by atoms with Crippen LogP contribution in [0.15, 0.2) is 4.52 Å². The summed E-state index contributed by atoms with van der Waals surface area (Å²) in [6.45, 7) is 8.13. The third kappa shape index (κ3) is 3.07. The Morgan fingerprint density at radius 2 is 2.28 bits per heavy atom. The fourth-order valence-corrected chi connectivity index (χ4v) is 1.95. The highest BCUT2D eigenvalue weighted by atomic mass is 16.5. The van der Waals surface area contributed by atoms with Crippen LogP contribution in [0.25, 0.3) is 0 Å². The Bertz CT molecular complexity index is 380. The molecule has 2 unspecified atom stereocenters. The van der Waals surface area contributed by atoms with Gasteiger partial charge in [-0.1, -0.05) is 19.0 Å². The predicted molar refractivity (Wildman–Crippen MR) is 65.1 cm³/mol. The summed E-state index contributed by atoms with van der Waals surface area (Å²) >= 11 is 0. The first-order valence-electron chi connectivity index (χ1n) is 6.39. The zero-order valence-corrected chi connectivity index (χ0v) is 11.2. The Morgan fingerprint density at radius 3 is 2.89 bits per heavy atom. The van der Waals surface area contributed by atoms with E-state index in [0.29, 0.717) is 31.6 Å². The molecule has 0 amide bonds. The molecule has 1 aromatic rings. The van der Waals surface area contributed by atoms with Crippen LogP contribution in [0.4, 0.5) is 0 Å². The molecule has 2 heterocycles. The van der Waals surface area contributed by atoms with Gasteiger partial charge in [-0.2, -0.15) is 4.98 Å². The zero-order chi connectivity index (χ0) is 13.1. The van der Waals surface area contributed by atoms with Crippen LogP contribution in [-0.2, 0) is 11.3 Å². The van der Waals surface area contributed by atoms with E-state index in [0.717, 1.165) is 5.82 Å². The van der Waals surface area contributed by atoms with Crippen LogP contribution >= 0.6 is 0 Å². The lowest BCUT2D eigenvalue weighted by Crippen LogP contribution is -2.48. The first-order valence-corrected chi connectivity index (χ1v) is 6.39. The van der Waals surface area contributed by atoms with E-state index >= 15 is 0 Å². The number of ether oxygens (including phenoxy) is 1. The molecule has 0 radical (unpaired) electrons. The molecule has 1 aliphatic heterocycles. The van der Waals surface area contributed by atoms with Gasteiger partial charge >= 0.3 is 0 Å². The third-order valence-corrected chi connectivity index (χ3v) is 3.18. The van der Waals surface area contributed by atoms with Crippen LogP contribution in [0, 0.1) is 0 Å². The minimum Gasteiger partial charge on any atom is -0.394 e. The maximum atomic E-state index is 9.13. The molecule has 102 valence electrons. The van der Waals surface area contributed by atoms with E-state index in [-0.39, 0.29) is 18.6 Å². The lowest BCUT2D eigenvalue weighted by Gasteiger charge is -2.36. The van der Waals surface area contributed by atoms with Crippen LogP contribution < -0.4 is 0 Å². The van der Waals surface area contributed by atoms with Gasteiger partial charge < -0.3 is 14.4 Å².